The maximum Gasteiger partial charge on any atom is 0.337 e. The topological polar surface area (TPSA) is 127 Å². The highest BCUT2D eigenvalue weighted by Crippen LogP contribution is 2.32. The number of hydrogen-bond donors (Lipinski definition) is 2. The summed E-state index contributed by atoms with van der Waals surface area (Å²) >= 11 is 0. The van der Waals surface area contributed by atoms with E-state index in [0.29, 0.717) is 0 Å². The summed E-state index contributed by atoms with van der Waals surface area (Å²) in [4.78, 5) is 31.3. The van der Waals surface area contributed by atoms with E-state index in [1.807, 2.05) is 0 Å². The second-order valence-corrected chi connectivity index (χ2v) is 3.27. The van der Waals surface area contributed by atoms with Crippen molar-refractivity contribution >= 4 is 17.9 Å². The number of nitro benzene ring substituents is 1. The highest BCUT2D eigenvalue weighted by Gasteiger charge is 2.26. The van der Waals surface area contributed by atoms with Gasteiger partial charge >= 0.3 is 5.97 Å². The molecule has 1 aromatic rings. The average Bonchev–Trinajstić information content (AvgIpc) is 2.35. The molecule has 0 saturated carbocycles. The van der Waals surface area contributed by atoms with Crippen LogP contribution in [0.3, 0.4) is 0 Å². The normalized spacial score (nSPS) is 11.7. The van der Waals surface area contributed by atoms with Gasteiger partial charge in [-0.15, -0.1) is 0 Å². The molecule has 0 saturated heterocycles. The molecule has 1 atom stereocenters. The second-order valence-electron chi connectivity index (χ2n) is 3.27. The summed E-state index contributed by atoms with van der Waals surface area (Å²) < 4.78 is 4.80. The number of methoxy groups -OCH3 is 1. The van der Waals surface area contributed by atoms with Gasteiger partial charge < -0.3 is 14.9 Å². The fourth-order valence-electron chi connectivity index (χ4n) is 1.42. The van der Waals surface area contributed by atoms with Gasteiger partial charge in [0.15, 0.2) is 12.4 Å². The number of carboxylic acids is 1. The predicted octanol–water partition coefficient (Wildman–Crippen LogP) is 0.534. The van der Waals surface area contributed by atoms with Gasteiger partial charge in [0, 0.05) is 17.7 Å². The number of nitrogens with zero attached hydrogens (tertiary/aromatic N) is 1. The first-order valence-corrected chi connectivity index (χ1v) is 4.64. The molecule has 8 heteroatoms. The molecule has 96 valence electrons. The number of aliphatic carboxylic acids is 1. The van der Waals surface area contributed by atoms with E-state index in [9.17, 15) is 24.8 Å². The Morgan fingerprint density at radius 2 is 2.17 bits per heavy atom. The minimum Gasteiger partial charge on any atom is -0.496 e. The van der Waals surface area contributed by atoms with Gasteiger partial charge in [0.1, 0.15) is 5.75 Å². The van der Waals surface area contributed by atoms with Gasteiger partial charge in [0.05, 0.1) is 17.6 Å². The van der Waals surface area contributed by atoms with Crippen molar-refractivity contribution < 1.29 is 29.5 Å². The fraction of sp³-hybridized carbons (Fsp3) is 0.200. The summed E-state index contributed by atoms with van der Waals surface area (Å²) in [5, 5.41) is 28.7. The molecule has 0 aliphatic heterocycles. The van der Waals surface area contributed by atoms with Crippen molar-refractivity contribution in [1.29, 1.82) is 0 Å². The van der Waals surface area contributed by atoms with E-state index in [-0.39, 0.29) is 23.2 Å². The van der Waals surface area contributed by atoms with Crippen LogP contribution in [0.2, 0.25) is 0 Å². The highest BCUT2D eigenvalue weighted by atomic mass is 16.6. The summed E-state index contributed by atoms with van der Waals surface area (Å²) in [6, 6.07) is 1.79. The summed E-state index contributed by atoms with van der Waals surface area (Å²) in [6.45, 7) is 0. The molecule has 0 radical (unpaired) electrons. The summed E-state index contributed by atoms with van der Waals surface area (Å²) in [5.41, 5.74) is -1.06. The minimum absolute atomic E-state index is 0.203. The maximum absolute atomic E-state index is 10.8. The first-order chi connectivity index (χ1) is 8.42. The molecule has 0 aliphatic carbocycles. The van der Waals surface area contributed by atoms with E-state index in [1.54, 1.807) is 0 Å². The van der Waals surface area contributed by atoms with E-state index in [1.165, 1.54) is 0 Å². The Hall–Kier alpha value is -2.48. The number of aliphatic hydroxyl groups excluding tert-OH is 1. The summed E-state index contributed by atoms with van der Waals surface area (Å²) in [5.74, 6) is -1.81. The van der Waals surface area contributed by atoms with Crippen LogP contribution in [0.1, 0.15) is 22.0 Å². The number of benzene rings is 1. The molecule has 1 unspecified atom stereocenters. The molecular weight excluding hydrogens is 246 g/mol. The zero-order valence-electron chi connectivity index (χ0n) is 9.19. The lowest BCUT2D eigenvalue weighted by molar-refractivity contribution is -0.385. The van der Waals surface area contributed by atoms with Crippen molar-refractivity contribution in [3.8, 4) is 5.75 Å². The van der Waals surface area contributed by atoms with Crippen LogP contribution in [-0.2, 0) is 4.79 Å². The molecule has 1 rings (SSSR count). The molecule has 0 aromatic heterocycles. The van der Waals surface area contributed by atoms with Crippen LogP contribution in [0.4, 0.5) is 5.69 Å². The third-order valence-electron chi connectivity index (χ3n) is 2.20. The number of aldehydes is 1. The lowest BCUT2D eigenvalue weighted by Gasteiger charge is -2.12. The number of hydrogen-bond acceptors (Lipinski definition) is 6. The molecule has 18 heavy (non-hydrogen) atoms. The van der Waals surface area contributed by atoms with Gasteiger partial charge in [0.2, 0.25) is 0 Å². The minimum atomic E-state index is -2.02. The molecule has 2 N–H and O–H groups in total. The van der Waals surface area contributed by atoms with E-state index >= 15 is 0 Å². The fourth-order valence-corrected chi connectivity index (χ4v) is 1.42. The number of ether oxygens (including phenoxy) is 1. The quantitative estimate of drug-likeness (QED) is 0.446. The number of carboxylic acid groups (broad SMARTS) is 1. The molecule has 0 amide bonds. The van der Waals surface area contributed by atoms with Crippen molar-refractivity contribution in [3.63, 3.8) is 0 Å². The Kier molecular flexibility index (Phi) is 3.95. The van der Waals surface area contributed by atoms with Crippen molar-refractivity contribution in [2.45, 2.75) is 6.10 Å². The zero-order valence-corrected chi connectivity index (χ0v) is 9.19. The number of carbonyl (C=O) groups excluding carboxylic acids is 1. The van der Waals surface area contributed by atoms with Crippen molar-refractivity contribution in [1.82, 2.24) is 0 Å². The van der Waals surface area contributed by atoms with Crippen molar-refractivity contribution in [2.75, 3.05) is 7.11 Å². The van der Waals surface area contributed by atoms with E-state index < -0.39 is 22.7 Å². The number of nitro groups is 1. The van der Waals surface area contributed by atoms with Crippen LogP contribution in [0.25, 0.3) is 0 Å². The summed E-state index contributed by atoms with van der Waals surface area (Å²) in [7, 11) is 1.16. The van der Waals surface area contributed by atoms with E-state index in [0.717, 1.165) is 19.2 Å². The Morgan fingerprint density at radius 3 is 2.56 bits per heavy atom. The number of rotatable bonds is 5. The number of aliphatic hydroxyl groups is 1. The Balaban J connectivity index is 3.54. The van der Waals surface area contributed by atoms with Gasteiger partial charge in [-0.25, -0.2) is 4.79 Å². The first kappa shape index (κ1) is 13.6. The number of non-ortho nitro benzene ring substituents is 1. The van der Waals surface area contributed by atoms with Gasteiger partial charge in [-0.3, -0.25) is 14.9 Å². The Labute approximate surface area is 101 Å². The van der Waals surface area contributed by atoms with Crippen LogP contribution in [0.15, 0.2) is 12.1 Å². The van der Waals surface area contributed by atoms with Crippen molar-refractivity contribution in [2.24, 2.45) is 0 Å². The van der Waals surface area contributed by atoms with Gasteiger partial charge in [-0.1, -0.05) is 0 Å². The average molecular weight is 255 g/mol. The summed E-state index contributed by atoms with van der Waals surface area (Å²) in [6.07, 6.45) is -1.73. The SMILES string of the molecule is COc1c(C=O)cc([N+](=O)[O-])cc1C(O)C(=O)O. The largest absolute Gasteiger partial charge is 0.496 e. The first-order valence-electron chi connectivity index (χ1n) is 4.64. The van der Waals surface area contributed by atoms with Crippen LogP contribution in [0.5, 0.6) is 5.75 Å². The molecule has 8 nitrogen and oxygen atoms in total. The number of carbonyl (C=O) groups is 2. The standard InChI is InChI=1S/C10H9NO7/c1-18-9-5(4-12)2-6(11(16)17)3-7(9)8(13)10(14)15/h2-4,8,13H,1H3,(H,14,15). The highest BCUT2D eigenvalue weighted by molar-refractivity contribution is 5.84. The lowest BCUT2D eigenvalue weighted by Crippen LogP contribution is -2.13. The molecule has 0 aliphatic rings. The van der Waals surface area contributed by atoms with E-state index in [2.05, 4.69) is 0 Å². The zero-order chi connectivity index (χ0) is 13.9. The molecule has 0 heterocycles. The van der Waals surface area contributed by atoms with Crippen LogP contribution in [0, 0.1) is 10.1 Å². The van der Waals surface area contributed by atoms with E-state index in [4.69, 9.17) is 9.84 Å². The smallest absolute Gasteiger partial charge is 0.337 e. The predicted molar refractivity (Wildman–Crippen MR) is 57.6 cm³/mol. The molecule has 0 bridgehead atoms. The van der Waals surface area contributed by atoms with Gasteiger partial charge in [-0.2, -0.15) is 0 Å². The van der Waals surface area contributed by atoms with Gasteiger partial charge in [-0.05, 0) is 0 Å². The van der Waals surface area contributed by atoms with Crippen LogP contribution >= 0.6 is 0 Å². The molecule has 1 aromatic carbocycles. The van der Waals surface area contributed by atoms with Crippen LogP contribution < -0.4 is 4.74 Å². The third-order valence-corrected chi connectivity index (χ3v) is 2.20. The molecular formula is C10H9NO7. The van der Waals surface area contributed by atoms with Crippen LogP contribution in [-0.4, -0.2) is 34.5 Å². The monoisotopic (exact) mass is 255 g/mol. The Bertz CT molecular complexity index is 511. The van der Waals surface area contributed by atoms with Gasteiger partial charge in [0.25, 0.3) is 5.69 Å². The van der Waals surface area contributed by atoms with Crippen molar-refractivity contribution in [3.05, 3.63) is 33.4 Å². The second kappa shape index (κ2) is 5.23. The third kappa shape index (κ3) is 2.43. The Morgan fingerprint density at radius 1 is 1.56 bits per heavy atom. The lowest BCUT2D eigenvalue weighted by atomic mass is 10.0. The molecule has 0 fully saturated rings. The molecule has 0 spiro atoms. The maximum atomic E-state index is 10.8.